The number of aliphatic carboxylic acids is 1. The van der Waals surface area contributed by atoms with Gasteiger partial charge >= 0.3 is 5.97 Å². The van der Waals surface area contributed by atoms with Crippen molar-refractivity contribution >= 4 is 27.6 Å². The van der Waals surface area contributed by atoms with Crippen molar-refractivity contribution in [2.75, 3.05) is 18.0 Å². The minimum atomic E-state index is -0.760. The number of carboxylic acids is 1. The molecule has 0 unspecified atom stereocenters. The van der Waals surface area contributed by atoms with Crippen molar-refractivity contribution in [3.05, 3.63) is 28.2 Å². The topological polar surface area (TPSA) is 40.5 Å². The van der Waals surface area contributed by atoms with Crippen LogP contribution in [0.4, 0.5) is 5.69 Å². The third kappa shape index (κ3) is 3.52. The second-order valence-corrected chi connectivity index (χ2v) is 4.51. The molecule has 0 radical (unpaired) electrons. The van der Waals surface area contributed by atoms with Crippen LogP contribution in [0.5, 0.6) is 0 Å². The van der Waals surface area contributed by atoms with Crippen molar-refractivity contribution in [1.82, 2.24) is 0 Å². The Morgan fingerprint density at radius 3 is 2.69 bits per heavy atom. The Kier molecular flexibility index (Phi) is 4.80. The quantitative estimate of drug-likeness (QED) is 0.904. The van der Waals surface area contributed by atoms with Crippen LogP contribution in [0.15, 0.2) is 22.7 Å². The number of nitrogens with zero attached hydrogens (tertiary/aromatic N) is 1. The van der Waals surface area contributed by atoms with E-state index in [1.165, 1.54) is 5.56 Å². The number of carbonyl (C=O) groups is 1. The molecule has 0 fully saturated rings. The number of halogens is 1. The molecule has 3 nitrogen and oxygen atoms in total. The fourth-order valence-electron chi connectivity index (χ4n) is 1.48. The highest BCUT2D eigenvalue weighted by molar-refractivity contribution is 9.10. The van der Waals surface area contributed by atoms with Crippen molar-refractivity contribution in [2.24, 2.45) is 0 Å². The largest absolute Gasteiger partial charge is 0.481 e. The van der Waals surface area contributed by atoms with E-state index in [0.717, 1.165) is 16.7 Å². The number of benzene rings is 1. The molecule has 0 bridgehead atoms. The maximum Gasteiger partial charge on any atom is 0.305 e. The Bertz CT molecular complexity index is 379. The lowest BCUT2D eigenvalue weighted by Crippen LogP contribution is -2.25. The van der Waals surface area contributed by atoms with Gasteiger partial charge in [-0.05, 0) is 31.5 Å². The summed E-state index contributed by atoms with van der Waals surface area (Å²) < 4.78 is 1.05. The third-order valence-corrected chi connectivity index (χ3v) is 3.35. The summed E-state index contributed by atoms with van der Waals surface area (Å²) in [7, 11) is 0. The second-order valence-electron chi connectivity index (χ2n) is 3.66. The molecule has 0 atom stereocenters. The van der Waals surface area contributed by atoms with E-state index in [-0.39, 0.29) is 6.42 Å². The van der Waals surface area contributed by atoms with Gasteiger partial charge in [0.2, 0.25) is 0 Å². The first kappa shape index (κ1) is 13.0. The van der Waals surface area contributed by atoms with Crippen LogP contribution in [0, 0.1) is 6.92 Å². The molecule has 1 aromatic rings. The zero-order valence-corrected chi connectivity index (χ0v) is 11.1. The summed E-state index contributed by atoms with van der Waals surface area (Å²) >= 11 is 3.48. The summed E-state index contributed by atoms with van der Waals surface area (Å²) in [6, 6.07) is 6.08. The van der Waals surface area contributed by atoms with E-state index in [1.807, 2.05) is 32.0 Å². The lowest BCUT2D eigenvalue weighted by atomic mass is 10.2. The third-order valence-electron chi connectivity index (χ3n) is 2.50. The molecule has 1 N–H and O–H groups in total. The number of anilines is 1. The Morgan fingerprint density at radius 1 is 1.50 bits per heavy atom. The lowest BCUT2D eigenvalue weighted by Gasteiger charge is -2.22. The minimum absolute atomic E-state index is 0.166. The summed E-state index contributed by atoms with van der Waals surface area (Å²) in [5.41, 5.74) is 2.24. The van der Waals surface area contributed by atoms with Gasteiger partial charge in [0.15, 0.2) is 0 Å². The van der Waals surface area contributed by atoms with Crippen LogP contribution in [0.2, 0.25) is 0 Å². The highest BCUT2D eigenvalue weighted by Gasteiger charge is 2.07. The highest BCUT2D eigenvalue weighted by atomic mass is 79.9. The van der Waals surface area contributed by atoms with E-state index in [0.29, 0.717) is 6.54 Å². The van der Waals surface area contributed by atoms with Crippen LogP contribution < -0.4 is 4.90 Å². The Labute approximate surface area is 104 Å². The summed E-state index contributed by atoms with van der Waals surface area (Å²) in [5, 5.41) is 8.67. The van der Waals surface area contributed by atoms with Crippen LogP contribution in [-0.2, 0) is 4.79 Å². The van der Waals surface area contributed by atoms with E-state index >= 15 is 0 Å². The minimum Gasteiger partial charge on any atom is -0.481 e. The zero-order chi connectivity index (χ0) is 12.1. The van der Waals surface area contributed by atoms with Crippen LogP contribution in [-0.4, -0.2) is 24.2 Å². The molecule has 1 aromatic carbocycles. The molecule has 0 saturated heterocycles. The molecule has 0 amide bonds. The molecule has 88 valence electrons. The molecule has 0 spiro atoms. The predicted molar refractivity (Wildman–Crippen MR) is 69.0 cm³/mol. The SMILES string of the molecule is CCN(CCC(=O)O)c1ccc(C)c(Br)c1. The standard InChI is InChI=1S/C12H16BrNO2/c1-3-14(7-6-12(15)16)10-5-4-9(2)11(13)8-10/h4-5,8H,3,6-7H2,1-2H3,(H,15,16). The van der Waals surface area contributed by atoms with Gasteiger partial charge in [-0.2, -0.15) is 0 Å². The molecule has 0 aliphatic heterocycles. The molecular formula is C12H16BrNO2. The van der Waals surface area contributed by atoms with E-state index in [9.17, 15) is 4.79 Å². The van der Waals surface area contributed by atoms with Gasteiger partial charge in [0.05, 0.1) is 6.42 Å². The van der Waals surface area contributed by atoms with Crippen LogP contribution in [0.1, 0.15) is 18.9 Å². The Balaban J connectivity index is 2.78. The second kappa shape index (κ2) is 5.89. The molecule has 0 saturated carbocycles. The summed E-state index contributed by atoms with van der Waals surface area (Å²) in [5.74, 6) is -0.760. The number of rotatable bonds is 5. The van der Waals surface area contributed by atoms with Gasteiger partial charge in [0.1, 0.15) is 0 Å². The summed E-state index contributed by atoms with van der Waals surface area (Å²) in [6.45, 7) is 5.40. The maximum absolute atomic E-state index is 10.5. The Morgan fingerprint density at radius 2 is 2.19 bits per heavy atom. The number of hydrogen-bond donors (Lipinski definition) is 1. The van der Waals surface area contributed by atoms with Gasteiger partial charge in [-0.1, -0.05) is 22.0 Å². The van der Waals surface area contributed by atoms with Crippen molar-refractivity contribution in [3.8, 4) is 0 Å². The van der Waals surface area contributed by atoms with E-state index < -0.39 is 5.97 Å². The van der Waals surface area contributed by atoms with Gasteiger partial charge < -0.3 is 10.0 Å². The van der Waals surface area contributed by atoms with Crippen molar-refractivity contribution in [3.63, 3.8) is 0 Å². The summed E-state index contributed by atoms with van der Waals surface area (Å²) in [4.78, 5) is 12.6. The first-order valence-electron chi connectivity index (χ1n) is 5.27. The first-order chi connectivity index (χ1) is 7.54. The lowest BCUT2D eigenvalue weighted by molar-refractivity contribution is -0.136. The first-order valence-corrected chi connectivity index (χ1v) is 6.06. The number of carboxylic acid groups (broad SMARTS) is 1. The van der Waals surface area contributed by atoms with Gasteiger partial charge in [-0.15, -0.1) is 0 Å². The average molecular weight is 286 g/mol. The molecule has 0 aliphatic rings. The normalized spacial score (nSPS) is 10.2. The highest BCUT2D eigenvalue weighted by Crippen LogP contribution is 2.23. The molecule has 1 rings (SSSR count). The zero-order valence-electron chi connectivity index (χ0n) is 9.53. The monoisotopic (exact) mass is 285 g/mol. The fourth-order valence-corrected chi connectivity index (χ4v) is 1.85. The van der Waals surface area contributed by atoms with Crippen molar-refractivity contribution in [1.29, 1.82) is 0 Å². The Hall–Kier alpha value is -1.03. The molecular weight excluding hydrogens is 270 g/mol. The van der Waals surface area contributed by atoms with Crippen molar-refractivity contribution < 1.29 is 9.90 Å². The summed E-state index contributed by atoms with van der Waals surface area (Å²) in [6.07, 6.45) is 0.166. The van der Waals surface area contributed by atoms with Gasteiger partial charge in [-0.25, -0.2) is 0 Å². The van der Waals surface area contributed by atoms with Crippen LogP contribution in [0.25, 0.3) is 0 Å². The molecule has 4 heteroatoms. The average Bonchev–Trinajstić information content (AvgIpc) is 2.23. The number of aryl methyl sites for hydroxylation is 1. The van der Waals surface area contributed by atoms with Gasteiger partial charge in [0.25, 0.3) is 0 Å². The number of hydrogen-bond acceptors (Lipinski definition) is 2. The van der Waals surface area contributed by atoms with Crippen molar-refractivity contribution in [2.45, 2.75) is 20.3 Å². The predicted octanol–water partition coefficient (Wildman–Crippen LogP) is 3.06. The van der Waals surface area contributed by atoms with E-state index in [2.05, 4.69) is 20.8 Å². The van der Waals surface area contributed by atoms with E-state index in [4.69, 9.17) is 5.11 Å². The van der Waals surface area contributed by atoms with Crippen LogP contribution >= 0.6 is 15.9 Å². The molecule has 16 heavy (non-hydrogen) atoms. The van der Waals surface area contributed by atoms with Gasteiger partial charge in [-0.3, -0.25) is 4.79 Å². The molecule has 0 aliphatic carbocycles. The smallest absolute Gasteiger partial charge is 0.305 e. The maximum atomic E-state index is 10.5. The van der Waals surface area contributed by atoms with Gasteiger partial charge in [0, 0.05) is 23.2 Å². The fraction of sp³-hybridized carbons (Fsp3) is 0.417. The molecule has 0 aromatic heterocycles. The van der Waals surface area contributed by atoms with E-state index in [1.54, 1.807) is 0 Å². The van der Waals surface area contributed by atoms with Crippen LogP contribution in [0.3, 0.4) is 0 Å². The molecule has 0 heterocycles.